The first-order valence-electron chi connectivity index (χ1n) is 10.3. The van der Waals surface area contributed by atoms with E-state index in [2.05, 4.69) is 0 Å². The van der Waals surface area contributed by atoms with Gasteiger partial charge in [-0.25, -0.2) is 9.18 Å². The van der Waals surface area contributed by atoms with Gasteiger partial charge in [-0.15, -0.1) is 0 Å². The van der Waals surface area contributed by atoms with Crippen molar-refractivity contribution in [2.45, 2.75) is 50.8 Å². The van der Waals surface area contributed by atoms with E-state index in [9.17, 15) is 14.0 Å². The molecule has 0 aliphatic carbocycles. The monoisotopic (exact) mass is 406 g/mol. The van der Waals surface area contributed by atoms with Crippen molar-refractivity contribution >= 4 is 11.9 Å². The predicted octanol–water partition coefficient (Wildman–Crippen LogP) is 4.65. The third-order valence-corrected chi connectivity index (χ3v) is 6.13. The van der Waals surface area contributed by atoms with E-state index in [1.165, 1.54) is 12.1 Å². The Morgan fingerprint density at radius 2 is 1.80 bits per heavy atom. The lowest BCUT2D eigenvalue weighted by Gasteiger charge is -2.37. The number of Topliss-reactive ketones (excluding diaryl/α,β-unsaturated/α-hetero) is 1. The van der Waals surface area contributed by atoms with Crippen molar-refractivity contribution in [2.24, 2.45) is 5.92 Å². The van der Waals surface area contributed by atoms with Gasteiger partial charge in [0, 0.05) is 29.1 Å². The van der Waals surface area contributed by atoms with Crippen molar-refractivity contribution in [2.75, 3.05) is 0 Å². The average Bonchev–Trinajstić information content (AvgIpc) is 3.03. The minimum absolute atomic E-state index is 0.0199. The average molecular weight is 406 g/mol. The molecular formula is C24H23FN2O3. The number of fused-ring (bicyclic) bond motifs is 2. The molecule has 5 nitrogen and oxygen atoms in total. The molecule has 0 spiro atoms. The molecule has 2 bridgehead atoms. The number of hydrogen-bond donors (Lipinski definition) is 0. The molecular weight excluding hydrogens is 383 g/mol. The molecule has 2 saturated heterocycles. The van der Waals surface area contributed by atoms with Crippen LogP contribution < -0.4 is 0 Å². The summed E-state index contributed by atoms with van der Waals surface area (Å²) in [5, 5.41) is 8.74. The Morgan fingerprint density at radius 1 is 1.10 bits per heavy atom. The third kappa shape index (κ3) is 4.06. The number of nitriles is 1. The summed E-state index contributed by atoms with van der Waals surface area (Å²) < 4.78 is 19.7. The minimum atomic E-state index is -0.521. The Kier molecular flexibility index (Phi) is 5.80. The highest BCUT2D eigenvalue weighted by Crippen LogP contribution is 2.40. The zero-order chi connectivity index (χ0) is 21.1. The van der Waals surface area contributed by atoms with Gasteiger partial charge >= 0.3 is 6.09 Å². The van der Waals surface area contributed by atoms with Crippen molar-refractivity contribution in [1.29, 1.82) is 5.26 Å². The number of hydrogen-bond acceptors (Lipinski definition) is 4. The summed E-state index contributed by atoms with van der Waals surface area (Å²) in [7, 11) is 0. The maximum Gasteiger partial charge on any atom is 0.410 e. The summed E-state index contributed by atoms with van der Waals surface area (Å²) in [6.07, 6.45) is 2.49. The molecule has 2 aliphatic heterocycles. The van der Waals surface area contributed by atoms with Crippen LogP contribution in [0, 0.1) is 23.1 Å². The fourth-order valence-electron chi connectivity index (χ4n) is 4.65. The second kappa shape index (κ2) is 8.66. The molecule has 2 aromatic rings. The van der Waals surface area contributed by atoms with E-state index in [0.29, 0.717) is 24.0 Å². The van der Waals surface area contributed by atoms with Crippen molar-refractivity contribution in [3.8, 4) is 6.07 Å². The highest BCUT2D eigenvalue weighted by atomic mass is 19.1. The normalized spacial score (nSPS) is 22.4. The fourth-order valence-corrected chi connectivity index (χ4v) is 4.65. The van der Waals surface area contributed by atoms with Crippen LogP contribution in [-0.4, -0.2) is 28.9 Å². The summed E-state index contributed by atoms with van der Waals surface area (Å²) in [6, 6.07) is 15.8. The summed E-state index contributed by atoms with van der Waals surface area (Å²) in [5.74, 6) is -0.846. The van der Waals surface area contributed by atoms with Crippen LogP contribution in [-0.2, 0) is 17.8 Å². The second-order valence-electron chi connectivity index (χ2n) is 8.01. The molecule has 0 radical (unpaired) electrons. The minimum Gasteiger partial charge on any atom is -0.445 e. The van der Waals surface area contributed by atoms with Gasteiger partial charge in [0.2, 0.25) is 0 Å². The third-order valence-electron chi connectivity index (χ3n) is 6.13. The lowest BCUT2D eigenvalue weighted by molar-refractivity contribution is 0.0485. The molecule has 6 heteroatoms. The molecule has 154 valence electrons. The SMILES string of the molecule is N#CCc1ccc(C(=O)C2CC3CCC(C2)N3C(=O)OCc2ccccc2)cc1F. The largest absolute Gasteiger partial charge is 0.445 e. The van der Waals surface area contributed by atoms with E-state index in [-0.39, 0.29) is 42.9 Å². The molecule has 2 heterocycles. The topological polar surface area (TPSA) is 70.4 Å². The summed E-state index contributed by atoms with van der Waals surface area (Å²) >= 11 is 0. The molecule has 1 amide bonds. The molecule has 30 heavy (non-hydrogen) atoms. The number of amides is 1. The first-order valence-corrected chi connectivity index (χ1v) is 10.3. The fraction of sp³-hybridized carbons (Fsp3) is 0.375. The Morgan fingerprint density at radius 3 is 2.43 bits per heavy atom. The number of halogens is 1. The maximum atomic E-state index is 14.2. The molecule has 2 unspecified atom stereocenters. The van der Waals surface area contributed by atoms with E-state index in [1.54, 1.807) is 11.0 Å². The van der Waals surface area contributed by atoms with Crippen LogP contribution in [0.2, 0.25) is 0 Å². The van der Waals surface area contributed by atoms with E-state index >= 15 is 0 Å². The number of ketones is 1. The summed E-state index contributed by atoms with van der Waals surface area (Å²) in [5.41, 5.74) is 1.56. The molecule has 2 aromatic carbocycles. The number of carbonyl (C=O) groups is 2. The smallest absolute Gasteiger partial charge is 0.410 e. The number of piperidine rings is 1. The molecule has 0 aromatic heterocycles. The Balaban J connectivity index is 1.40. The second-order valence-corrected chi connectivity index (χ2v) is 8.01. The van der Waals surface area contributed by atoms with E-state index in [1.807, 2.05) is 36.4 Å². The van der Waals surface area contributed by atoms with Gasteiger partial charge in [0.15, 0.2) is 5.78 Å². The van der Waals surface area contributed by atoms with Gasteiger partial charge in [-0.3, -0.25) is 4.79 Å². The van der Waals surface area contributed by atoms with Gasteiger partial charge in [0.1, 0.15) is 12.4 Å². The van der Waals surface area contributed by atoms with Crippen LogP contribution in [0.15, 0.2) is 48.5 Å². The zero-order valence-corrected chi connectivity index (χ0v) is 16.6. The Hall–Kier alpha value is -3.20. The van der Waals surface area contributed by atoms with Gasteiger partial charge in [-0.05, 0) is 37.3 Å². The molecule has 0 N–H and O–H groups in total. The van der Waals surface area contributed by atoms with Gasteiger partial charge < -0.3 is 9.64 Å². The van der Waals surface area contributed by atoms with Crippen molar-refractivity contribution in [3.05, 3.63) is 71.0 Å². The van der Waals surface area contributed by atoms with Crippen LogP contribution in [0.3, 0.4) is 0 Å². The van der Waals surface area contributed by atoms with Crippen LogP contribution in [0.25, 0.3) is 0 Å². The Bertz CT molecular complexity index is 972. The highest BCUT2D eigenvalue weighted by Gasteiger charge is 2.46. The predicted molar refractivity (Wildman–Crippen MR) is 108 cm³/mol. The number of rotatable bonds is 5. The van der Waals surface area contributed by atoms with Gasteiger partial charge in [-0.2, -0.15) is 5.26 Å². The van der Waals surface area contributed by atoms with Crippen molar-refractivity contribution in [1.82, 2.24) is 4.90 Å². The van der Waals surface area contributed by atoms with Crippen LogP contribution in [0.4, 0.5) is 9.18 Å². The van der Waals surface area contributed by atoms with Gasteiger partial charge in [0.25, 0.3) is 0 Å². The first kappa shape index (κ1) is 20.1. The molecule has 2 fully saturated rings. The Labute approximate surface area is 175 Å². The van der Waals surface area contributed by atoms with Gasteiger partial charge in [0.05, 0.1) is 12.5 Å². The maximum absolute atomic E-state index is 14.2. The standard InChI is InChI=1S/C24H23FN2O3/c25-22-14-18(7-6-17(22)10-11-26)23(28)19-12-20-8-9-21(13-19)27(20)24(29)30-15-16-4-2-1-3-5-16/h1-7,14,19-21H,8-10,12-13,15H2. The van der Waals surface area contributed by atoms with E-state index in [4.69, 9.17) is 10.00 Å². The van der Waals surface area contributed by atoms with E-state index in [0.717, 1.165) is 18.4 Å². The van der Waals surface area contributed by atoms with Crippen LogP contribution >= 0.6 is 0 Å². The van der Waals surface area contributed by atoms with Crippen molar-refractivity contribution < 1.29 is 18.7 Å². The quantitative estimate of drug-likeness (QED) is 0.678. The van der Waals surface area contributed by atoms with E-state index < -0.39 is 5.82 Å². The number of nitrogens with zero attached hydrogens (tertiary/aromatic N) is 2. The molecule has 4 rings (SSSR count). The van der Waals surface area contributed by atoms with Crippen molar-refractivity contribution in [3.63, 3.8) is 0 Å². The lowest BCUT2D eigenvalue weighted by Crippen LogP contribution is -2.48. The van der Waals surface area contributed by atoms with Crippen LogP contribution in [0.5, 0.6) is 0 Å². The molecule has 2 atom stereocenters. The summed E-state index contributed by atoms with van der Waals surface area (Å²) in [6.45, 7) is 0.228. The highest BCUT2D eigenvalue weighted by molar-refractivity contribution is 5.98. The number of carbonyl (C=O) groups excluding carboxylic acids is 2. The lowest BCUT2D eigenvalue weighted by atomic mass is 9.84. The van der Waals surface area contributed by atoms with Crippen LogP contribution in [0.1, 0.15) is 47.2 Å². The molecule has 2 aliphatic rings. The number of benzene rings is 2. The first-order chi connectivity index (χ1) is 14.6. The van der Waals surface area contributed by atoms with Gasteiger partial charge in [-0.1, -0.05) is 42.5 Å². The zero-order valence-electron chi connectivity index (χ0n) is 16.6. The number of ether oxygens (including phenoxy) is 1. The summed E-state index contributed by atoms with van der Waals surface area (Å²) in [4.78, 5) is 27.4. The molecule has 0 saturated carbocycles.